The molecule has 5 aliphatic heterocycles. The van der Waals surface area contributed by atoms with Crippen molar-refractivity contribution in [1.82, 2.24) is 39.9 Å². The first-order chi connectivity index (χ1) is 31.5. The Morgan fingerprint density at radius 1 is 0.908 bits per heavy atom. The summed E-state index contributed by atoms with van der Waals surface area (Å²) in [5.41, 5.74) is 2.06. The molecule has 2 amide bonds. The number of alkyl halides is 1. The van der Waals surface area contributed by atoms with Gasteiger partial charge in [0.2, 0.25) is 5.91 Å². The van der Waals surface area contributed by atoms with Crippen LogP contribution in [0, 0.1) is 23.6 Å². The van der Waals surface area contributed by atoms with E-state index >= 15 is 4.39 Å². The molecule has 1 unspecified atom stereocenters. The minimum atomic E-state index is -3.73. The van der Waals surface area contributed by atoms with Crippen LogP contribution >= 0.6 is 0 Å². The number of benzene rings is 2. The van der Waals surface area contributed by atoms with E-state index in [2.05, 4.69) is 30.3 Å². The monoisotopic (exact) mass is 917 g/mol. The van der Waals surface area contributed by atoms with Gasteiger partial charge in [-0.1, -0.05) is 36.3 Å². The molecule has 1 saturated carbocycles. The lowest BCUT2D eigenvalue weighted by molar-refractivity contribution is -0.129. The zero-order valence-corrected chi connectivity index (χ0v) is 38.5. The van der Waals surface area contributed by atoms with Gasteiger partial charge in [0.25, 0.3) is 0 Å². The Bertz CT molecular complexity index is 2250. The zero-order chi connectivity index (χ0) is 45.1. The number of hydrogen-bond acceptors (Lipinski definition) is 11. The summed E-state index contributed by atoms with van der Waals surface area (Å²) >= 11 is 0. The smallest absolute Gasteiger partial charge is 0.407 e. The van der Waals surface area contributed by atoms with E-state index in [0.29, 0.717) is 24.6 Å². The minimum absolute atomic E-state index is 0.0317. The van der Waals surface area contributed by atoms with Crippen LogP contribution in [0.1, 0.15) is 62.5 Å². The first kappa shape index (κ1) is 45.7. The highest BCUT2D eigenvalue weighted by atomic mass is 32.2. The van der Waals surface area contributed by atoms with Crippen molar-refractivity contribution in [3.63, 3.8) is 0 Å². The lowest BCUT2D eigenvalue weighted by atomic mass is 9.58. The van der Waals surface area contributed by atoms with Crippen molar-refractivity contribution in [2.45, 2.75) is 92.2 Å². The van der Waals surface area contributed by atoms with Gasteiger partial charge >= 0.3 is 6.09 Å². The number of halogens is 2. The number of nitrogens with one attached hydrogen (secondary N) is 1. The average molecular weight is 918 g/mol. The highest BCUT2D eigenvalue weighted by Gasteiger charge is 2.53. The van der Waals surface area contributed by atoms with E-state index in [1.165, 1.54) is 32.4 Å². The molecule has 17 heteroatoms. The second-order valence-corrected chi connectivity index (χ2v) is 21.7. The summed E-state index contributed by atoms with van der Waals surface area (Å²) in [7, 11) is -2.35. The quantitative estimate of drug-likeness (QED) is 0.197. The Labute approximate surface area is 382 Å². The van der Waals surface area contributed by atoms with Crippen LogP contribution in [0.3, 0.4) is 0 Å². The van der Waals surface area contributed by atoms with Gasteiger partial charge in [-0.2, -0.15) is 0 Å². The van der Waals surface area contributed by atoms with Gasteiger partial charge < -0.3 is 24.8 Å². The van der Waals surface area contributed by atoms with E-state index in [0.717, 1.165) is 95.7 Å². The number of sulfone groups is 1. The van der Waals surface area contributed by atoms with Crippen LogP contribution in [-0.4, -0.2) is 158 Å². The summed E-state index contributed by atoms with van der Waals surface area (Å²) in [6.45, 7) is 9.00. The molecule has 14 nitrogen and oxygen atoms in total. The molecule has 3 aromatic rings. The second-order valence-electron chi connectivity index (χ2n) is 19.5. The fourth-order valence-electron chi connectivity index (χ4n) is 11.9. The molecule has 65 heavy (non-hydrogen) atoms. The molecule has 352 valence electrons. The number of nitrogens with zero attached hydrogens (tertiary/aromatic N) is 8. The summed E-state index contributed by atoms with van der Waals surface area (Å²) in [4.78, 5) is 36.5. The Morgan fingerprint density at radius 3 is 2.40 bits per heavy atom. The molecule has 0 radical (unpaired) electrons. The average Bonchev–Trinajstić information content (AvgIpc) is 3.96. The number of alkyl carbamates (subject to hydrolysis) is 1. The second kappa shape index (κ2) is 19.8. The molecule has 2 aromatic carbocycles. The van der Waals surface area contributed by atoms with Crippen LogP contribution in [0.5, 0.6) is 0 Å². The third kappa shape index (κ3) is 9.98. The van der Waals surface area contributed by atoms with E-state index in [-0.39, 0.29) is 60.7 Å². The SMILES string of the molecule is COC(=O)N[C@H]1CCC[C@@H]1C(Cn1ccnn1)(c1cccc(F)c1)C1CCN(CC2CN(c3ccc(S(=O)(=O)C4CN(C(=O)/C=C/CN5CCCCC5)C4)c(CN4CC(F)C4)c3)C2)CC1. The Kier molecular flexibility index (Phi) is 13.9. The van der Waals surface area contributed by atoms with Gasteiger partial charge in [0, 0.05) is 94.2 Å². The van der Waals surface area contributed by atoms with Gasteiger partial charge in [-0.05, 0) is 118 Å². The molecule has 1 aromatic heterocycles. The van der Waals surface area contributed by atoms with Crippen LogP contribution in [-0.2, 0) is 37.9 Å². The molecular weight excluding hydrogens is 853 g/mol. The maximum atomic E-state index is 15.1. The fourth-order valence-corrected chi connectivity index (χ4v) is 13.7. The summed E-state index contributed by atoms with van der Waals surface area (Å²) in [5.74, 6) is 0.219. The Balaban J connectivity index is 0.839. The molecular formula is C48H65F2N9O5S. The van der Waals surface area contributed by atoms with Crippen molar-refractivity contribution in [3.05, 3.63) is 84.0 Å². The number of methoxy groups -OCH3 is 1. The van der Waals surface area contributed by atoms with Crippen LogP contribution < -0.4 is 10.2 Å². The summed E-state index contributed by atoms with van der Waals surface area (Å²) in [6.07, 6.45) is 13.7. The van der Waals surface area contributed by atoms with Gasteiger partial charge in [-0.15, -0.1) is 5.10 Å². The van der Waals surface area contributed by atoms with E-state index in [1.807, 2.05) is 40.1 Å². The van der Waals surface area contributed by atoms with Crippen LogP contribution in [0.2, 0.25) is 0 Å². The topological polar surface area (TPSA) is 136 Å². The van der Waals surface area contributed by atoms with Crippen LogP contribution in [0.15, 0.2) is 71.9 Å². The first-order valence-corrected chi connectivity index (χ1v) is 25.4. The zero-order valence-electron chi connectivity index (χ0n) is 37.7. The van der Waals surface area contributed by atoms with Crippen molar-refractivity contribution < 1.29 is 31.5 Å². The standard InChI is InChI=1S/C48H65F2N9O5S/c1-64-47(61)52-44-11-6-10-43(44)48(34-59-23-17-51-53-59,38-8-5-9-39(49)25-38)37-15-21-55(22-16-37)26-35-27-57(28-35)41-13-14-45(36(24-41)29-56-30-40(50)31-56)65(62,63)42-32-58(33-42)46(60)12-7-20-54-18-3-2-4-19-54/h5,7-9,12-14,17,23-25,35,37,40,42-44H,2-4,6,10-11,15-16,18-22,26-34H2,1H3,(H,52,61)/b12-7+/t43-,44-,48?/m0/s1. The number of piperidine rings is 2. The molecule has 6 fully saturated rings. The first-order valence-electron chi connectivity index (χ1n) is 23.8. The predicted molar refractivity (Wildman–Crippen MR) is 243 cm³/mol. The molecule has 1 aliphatic carbocycles. The molecule has 1 N–H and O–H groups in total. The van der Waals surface area contributed by atoms with Crippen molar-refractivity contribution in [3.8, 4) is 0 Å². The lowest BCUT2D eigenvalue weighted by Gasteiger charge is -2.51. The van der Waals surface area contributed by atoms with E-state index in [4.69, 9.17) is 4.74 Å². The lowest BCUT2D eigenvalue weighted by Crippen LogP contribution is -2.56. The van der Waals surface area contributed by atoms with Crippen molar-refractivity contribution in [2.75, 3.05) is 90.5 Å². The maximum absolute atomic E-state index is 15.1. The Hall–Kier alpha value is -4.45. The molecule has 0 spiro atoms. The summed E-state index contributed by atoms with van der Waals surface area (Å²) in [5, 5.41) is 11.0. The number of carbonyl (C=O) groups excluding carboxylic acids is 2. The third-order valence-corrected chi connectivity index (χ3v) is 17.6. The number of carbonyl (C=O) groups is 2. The molecule has 6 aliphatic rings. The fraction of sp³-hybridized carbons (Fsp3) is 0.625. The van der Waals surface area contributed by atoms with Crippen LogP contribution in [0.25, 0.3) is 0 Å². The third-order valence-electron chi connectivity index (χ3n) is 15.4. The molecule has 0 bridgehead atoms. The van der Waals surface area contributed by atoms with Crippen molar-refractivity contribution in [2.24, 2.45) is 17.8 Å². The summed E-state index contributed by atoms with van der Waals surface area (Å²) < 4.78 is 64.2. The number of hydrogen-bond donors (Lipinski definition) is 1. The number of amides is 2. The molecule has 6 heterocycles. The number of aromatic nitrogens is 3. The van der Waals surface area contributed by atoms with Crippen LogP contribution in [0.4, 0.5) is 19.3 Å². The minimum Gasteiger partial charge on any atom is -0.453 e. The summed E-state index contributed by atoms with van der Waals surface area (Å²) in [6, 6.07) is 12.5. The highest BCUT2D eigenvalue weighted by Crippen LogP contribution is 2.52. The Morgan fingerprint density at radius 2 is 1.69 bits per heavy atom. The van der Waals surface area contributed by atoms with E-state index < -0.39 is 32.8 Å². The van der Waals surface area contributed by atoms with Crippen molar-refractivity contribution >= 4 is 27.5 Å². The largest absolute Gasteiger partial charge is 0.453 e. The van der Waals surface area contributed by atoms with Crippen molar-refractivity contribution in [1.29, 1.82) is 0 Å². The number of anilines is 1. The number of likely N-dealkylation sites (tertiary alicyclic amines) is 4. The molecule has 3 atom stereocenters. The molecule has 5 saturated heterocycles. The normalized spacial score (nSPS) is 24.4. The van der Waals surface area contributed by atoms with E-state index in [9.17, 15) is 22.4 Å². The van der Waals surface area contributed by atoms with Gasteiger partial charge in [0.1, 0.15) is 17.2 Å². The van der Waals surface area contributed by atoms with E-state index in [1.54, 1.807) is 35.4 Å². The van der Waals surface area contributed by atoms with Gasteiger partial charge in [0.05, 0.1) is 24.7 Å². The molecule has 9 rings (SSSR count). The number of rotatable bonds is 16. The predicted octanol–water partition coefficient (Wildman–Crippen LogP) is 4.91. The van der Waals surface area contributed by atoms with Gasteiger partial charge in [0.15, 0.2) is 9.84 Å². The van der Waals surface area contributed by atoms with Gasteiger partial charge in [-0.3, -0.25) is 19.3 Å². The highest BCUT2D eigenvalue weighted by molar-refractivity contribution is 7.92. The maximum Gasteiger partial charge on any atom is 0.407 e. The van der Waals surface area contributed by atoms with Gasteiger partial charge in [-0.25, -0.2) is 22.0 Å². The number of ether oxygens (including phenoxy) is 1.